The van der Waals surface area contributed by atoms with E-state index in [9.17, 15) is 14.0 Å². The molecule has 0 aliphatic rings. The van der Waals surface area contributed by atoms with E-state index in [0.29, 0.717) is 23.3 Å². The molecule has 134 valence electrons. The molecule has 1 N–H and O–H groups in total. The van der Waals surface area contributed by atoms with E-state index in [1.165, 1.54) is 29.2 Å². The van der Waals surface area contributed by atoms with Crippen molar-refractivity contribution in [2.24, 2.45) is 0 Å². The van der Waals surface area contributed by atoms with Gasteiger partial charge in [0.05, 0.1) is 12.1 Å². The average molecular weight is 355 g/mol. The summed E-state index contributed by atoms with van der Waals surface area (Å²) in [5.74, 6) is -1.05. The average Bonchev–Trinajstić information content (AvgIpc) is 3.05. The number of amides is 2. The number of benzene rings is 2. The van der Waals surface area contributed by atoms with Crippen molar-refractivity contribution in [3.63, 3.8) is 0 Å². The number of hydrogen-bond donors (Lipinski definition) is 1. The van der Waals surface area contributed by atoms with Crippen molar-refractivity contribution in [1.29, 1.82) is 0 Å². The van der Waals surface area contributed by atoms with Crippen LogP contribution in [-0.4, -0.2) is 45.3 Å². The van der Waals surface area contributed by atoms with Crippen LogP contribution in [0.3, 0.4) is 0 Å². The van der Waals surface area contributed by atoms with Crippen LogP contribution in [0.4, 0.5) is 10.1 Å². The highest BCUT2D eigenvalue weighted by Crippen LogP contribution is 2.15. The second-order valence-electron chi connectivity index (χ2n) is 5.82. The summed E-state index contributed by atoms with van der Waals surface area (Å²) in [6.07, 6.45) is 0. The van der Waals surface area contributed by atoms with Crippen molar-refractivity contribution in [2.75, 3.05) is 18.9 Å². The molecular weight excluding hydrogens is 337 g/mol. The number of anilines is 1. The minimum absolute atomic E-state index is 0.129. The van der Waals surface area contributed by atoms with Gasteiger partial charge in [-0.1, -0.05) is 5.21 Å². The summed E-state index contributed by atoms with van der Waals surface area (Å²) in [5.41, 5.74) is 2.37. The van der Waals surface area contributed by atoms with Crippen LogP contribution in [-0.2, 0) is 11.3 Å². The van der Waals surface area contributed by atoms with E-state index in [1.807, 2.05) is 6.92 Å². The normalized spacial score (nSPS) is 10.7. The highest BCUT2D eigenvalue weighted by molar-refractivity contribution is 6.00. The molecule has 0 bridgehead atoms. The number of likely N-dealkylation sites (N-methyl/N-ethyl adjacent to an activating group) is 1. The van der Waals surface area contributed by atoms with Crippen LogP contribution < -0.4 is 5.32 Å². The lowest BCUT2D eigenvalue weighted by Gasteiger charge is -2.17. The molecule has 0 fully saturated rings. The molecule has 26 heavy (non-hydrogen) atoms. The predicted octanol–water partition coefficient (Wildman–Crippen LogP) is 2.30. The van der Waals surface area contributed by atoms with Crippen molar-refractivity contribution in [2.45, 2.75) is 13.5 Å². The molecule has 3 rings (SSSR count). The first-order valence-electron chi connectivity index (χ1n) is 8.12. The molecule has 1 aromatic heterocycles. The number of nitrogens with zero attached hydrogens (tertiary/aromatic N) is 4. The summed E-state index contributed by atoms with van der Waals surface area (Å²) in [7, 11) is 1.54. The fourth-order valence-electron chi connectivity index (χ4n) is 2.58. The van der Waals surface area contributed by atoms with Crippen molar-refractivity contribution < 1.29 is 14.0 Å². The fourth-order valence-corrected chi connectivity index (χ4v) is 2.58. The van der Waals surface area contributed by atoms with E-state index in [-0.39, 0.29) is 24.2 Å². The minimum atomic E-state index is -0.384. The predicted molar refractivity (Wildman–Crippen MR) is 95.2 cm³/mol. The fraction of sp³-hybridized carbons (Fsp3) is 0.222. The summed E-state index contributed by atoms with van der Waals surface area (Å²) in [6, 6.07) is 10.6. The molecule has 7 nitrogen and oxygen atoms in total. The molecule has 2 amide bonds. The third kappa shape index (κ3) is 3.69. The molecule has 0 saturated heterocycles. The molecule has 0 radical (unpaired) electrons. The maximum atomic E-state index is 12.9. The zero-order chi connectivity index (χ0) is 18.7. The van der Waals surface area contributed by atoms with Crippen LogP contribution in [0.1, 0.15) is 17.3 Å². The lowest BCUT2D eigenvalue weighted by atomic mass is 10.1. The first kappa shape index (κ1) is 17.5. The quantitative estimate of drug-likeness (QED) is 0.762. The minimum Gasteiger partial charge on any atom is -0.332 e. The Morgan fingerprint density at radius 2 is 1.92 bits per heavy atom. The highest BCUT2D eigenvalue weighted by Gasteiger charge is 2.16. The summed E-state index contributed by atoms with van der Waals surface area (Å²) >= 11 is 0. The molecule has 1 heterocycles. The van der Waals surface area contributed by atoms with Gasteiger partial charge in [-0.2, -0.15) is 0 Å². The number of fused-ring (bicyclic) bond motifs is 1. The van der Waals surface area contributed by atoms with Crippen molar-refractivity contribution in [3.05, 3.63) is 53.8 Å². The SMILES string of the molecule is CCn1nnc2cc(C(=O)N(C)CC(=O)Nc3ccc(F)cc3)ccc21. The Morgan fingerprint density at radius 1 is 1.19 bits per heavy atom. The Balaban J connectivity index is 1.67. The van der Waals surface area contributed by atoms with Gasteiger partial charge in [0.25, 0.3) is 5.91 Å². The Kier molecular flexibility index (Phi) is 4.92. The molecule has 0 aliphatic heterocycles. The maximum Gasteiger partial charge on any atom is 0.254 e. The van der Waals surface area contributed by atoms with Gasteiger partial charge < -0.3 is 10.2 Å². The van der Waals surface area contributed by atoms with Gasteiger partial charge in [-0.3, -0.25) is 9.59 Å². The zero-order valence-electron chi connectivity index (χ0n) is 14.4. The Hall–Kier alpha value is -3.29. The van der Waals surface area contributed by atoms with Gasteiger partial charge in [0.2, 0.25) is 5.91 Å². The molecule has 0 aliphatic carbocycles. The maximum absolute atomic E-state index is 12.9. The number of carbonyl (C=O) groups excluding carboxylic acids is 2. The largest absolute Gasteiger partial charge is 0.332 e. The van der Waals surface area contributed by atoms with E-state index < -0.39 is 0 Å². The van der Waals surface area contributed by atoms with Gasteiger partial charge in [0.15, 0.2) is 0 Å². The molecular formula is C18H18FN5O2. The van der Waals surface area contributed by atoms with E-state index in [0.717, 1.165) is 5.52 Å². The van der Waals surface area contributed by atoms with Crippen LogP contribution in [0.2, 0.25) is 0 Å². The van der Waals surface area contributed by atoms with Crippen LogP contribution in [0.25, 0.3) is 11.0 Å². The summed E-state index contributed by atoms with van der Waals surface area (Å²) in [6.45, 7) is 2.52. The molecule has 0 saturated carbocycles. The summed E-state index contributed by atoms with van der Waals surface area (Å²) in [4.78, 5) is 25.9. The monoisotopic (exact) mass is 355 g/mol. The number of rotatable bonds is 5. The molecule has 8 heteroatoms. The van der Waals surface area contributed by atoms with Gasteiger partial charge in [-0.05, 0) is 49.4 Å². The second kappa shape index (κ2) is 7.30. The number of nitrogens with one attached hydrogen (secondary N) is 1. The van der Waals surface area contributed by atoms with E-state index in [2.05, 4.69) is 15.6 Å². The van der Waals surface area contributed by atoms with E-state index in [1.54, 1.807) is 29.9 Å². The number of carbonyl (C=O) groups is 2. The highest BCUT2D eigenvalue weighted by atomic mass is 19.1. The van der Waals surface area contributed by atoms with Gasteiger partial charge in [-0.25, -0.2) is 9.07 Å². The van der Waals surface area contributed by atoms with Crippen molar-refractivity contribution in [1.82, 2.24) is 19.9 Å². The number of halogens is 1. The van der Waals surface area contributed by atoms with Gasteiger partial charge in [0, 0.05) is 24.8 Å². The lowest BCUT2D eigenvalue weighted by Crippen LogP contribution is -2.34. The number of aryl methyl sites for hydroxylation is 1. The van der Waals surface area contributed by atoms with E-state index >= 15 is 0 Å². The first-order valence-corrected chi connectivity index (χ1v) is 8.12. The van der Waals surface area contributed by atoms with Gasteiger partial charge >= 0.3 is 0 Å². The standard InChI is InChI=1S/C18H18FN5O2/c1-3-24-16-9-4-12(10-15(16)21-22-24)18(26)23(2)11-17(25)20-14-7-5-13(19)6-8-14/h4-10H,3,11H2,1-2H3,(H,20,25). The third-order valence-corrected chi connectivity index (χ3v) is 3.92. The van der Waals surface area contributed by atoms with Crippen molar-refractivity contribution >= 4 is 28.5 Å². The molecule has 0 spiro atoms. The third-order valence-electron chi connectivity index (χ3n) is 3.92. The lowest BCUT2D eigenvalue weighted by molar-refractivity contribution is -0.116. The molecule has 0 atom stereocenters. The zero-order valence-corrected chi connectivity index (χ0v) is 14.4. The van der Waals surface area contributed by atoms with Crippen LogP contribution in [0, 0.1) is 5.82 Å². The first-order chi connectivity index (χ1) is 12.5. The topological polar surface area (TPSA) is 80.1 Å². The number of aromatic nitrogens is 3. The number of hydrogen-bond acceptors (Lipinski definition) is 4. The Bertz CT molecular complexity index is 952. The molecule has 3 aromatic rings. The van der Waals surface area contributed by atoms with Crippen molar-refractivity contribution in [3.8, 4) is 0 Å². The van der Waals surface area contributed by atoms with Crippen LogP contribution >= 0.6 is 0 Å². The van der Waals surface area contributed by atoms with Gasteiger partial charge in [-0.15, -0.1) is 5.10 Å². The molecule has 2 aromatic carbocycles. The summed E-state index contributed by atoms with van der Waals surface area (Å²) < 4.78 is 14.6. The Labute approximate surface area is 149 Å². The smallest absolute Gasteiger partial charge is 0.254 e. The van der Waals surface area contributed by atoms with Gasteiger partial charge in [0.1, 0.15) is 11.3 Å². The second-order valence-corrected chi connectivity index (χ2v) is 5.82. The summed E-state index contributed by atoms with van der Waals surface area (Å²) in [5, 5.41) is 10.7. The van der Waals surface area contributed by atoms with E-state index in [4.69, 9.17) is 0 Å². The van der Waals surface area contributed by atoms with Crippen LogP contribution in [0.5, 0.6) is 0 Å². The molecule has 0 unspecified atom stereocenters. The van der Waals surface area contributed by atoms with Crippen LogP contribution in [0.15, 0.2) is 42.5 Å². The Morgan fingerprint density at radius 3 is 2.62 bits per heavy atom.